The molecule has 2 N–H and O–H groups in total. The number of anilines is 1. The monoisotopic (exact) mass is 252 g/mol. The lowest BCUT2D eigenvalue weighted by Gasteiger charge is -2.12. The molecule has 4 nitrogen and oxygen atoms in total. The molecule has 2 heterocycles. The van der Waals surface area contributed by atoms with E-state index in [0.717, 1.165) is 22.6 Å². The Hall–Kier alpha value is -2.36. The van der Waals surface area contributed by atoms with Gasteiger partial charge in [-0.2, -0.15) is 0 Å². The van der Waals surface area contributed by atoms with Gasteiger partial charge >= 0.3 is 0 Å². The summed E-state index contributed by atoms with van der Waals surface area (Å²) in [5.41, 5.74) is 8.68. The Kier molecular flexibility index (Phi) is 2.71. The highest BCUT2D eigenvalue weighted by Crippen LogP contribution is 2.27. The van der Waals surface area contributed by atoms with Crippen LogP contribution in [0.1, 0.15) is 19.9 Å². The van der Waals surface area contributed by atoms with Gasteiger partial charge in [0.2, 0.25) is 0 Å². The minimum atomic E-state index is 0.311. The van der Waals surface area contributed by atoms with E-state index in [9.17, 15) is 0 Å². The van der Waals surface area contributed by atoms with Crippen LogP contribution in [0.5, 0.6) is 0 Å². The fourth-order valence-electron chi connectivity index (χ4n) is 2.32. The van der Waals surface area contributed by atoms with Crippen LogP contribution in [0.25, 0.3) is 22.6 Å². The molecule has 96 valence electrons. The summed E-state index contributed by atoms with van der Waals surface area (Å²) in [5, 5.41) is 0. The maximum atomic E-state index is 5.77. The van der Waals surface area contributed by atoms with Crippen molar-refractivity contribution >= 4 is 16.9 Å². The van der Waals surface area contributed by atoms with Crippen LogP contribution in [0.15, 0.2) is 42.5 Å². The lowest BCUT2D eigenvalue weighted by molar-refractivity contribution is 0.623. The van der Waals surface area contributed by atoms with E-state index in [1.54, 1.807) is 6.07 Å². The number of fused-ring (bicyclic) bond motifs is 1. The van der Waals surface area contributed by atoms with Crippen molar-refractivity contribution in [3.63, 3.8) is 0 Å². The molecule has 3 rings (SSSR count). The van der Waals surface area contributed by atoms with Gasteiger partial charge in [-0.15, -0.1) is 0 Å². The van der Waals surface area contributed by atoms with E-state index < -0.39 is 0 Å². The van der Waals surface area contributed by atoms with Gasteiger partial charge in [-0.1, -0.05) is 18.2 Å². The topological polar surface area (TPSA) is 56.7 Å². The summed E-state index contributed by atoms with van der Waals surface area (Å²) < 4.78 is 2.19. The van der Waals surface area contributed by atoms with E-state index in [0.29, 0.717) is 11.9 Å². The lowest BCUT2D eigenvalue weighted by atomic mass is 10.2. The normalized spacial score (nSPS) is 11.3. The van der Waals surface area contributed by atoms with Crippen molar-refractivity contribution < 1.29 is 0 Å². The molecule has 0 saturated heterocycles. The Labute approximate surface area is 111 Å². The number of aromatic nitrogens is 3. The van der Waals surface area contributed by atoms with Crippen molar-refractivity contribution in [1.82, 2.24) is 14.5 Å². The van der Waals surface area contributed by atoms with Crippen molar-refractivity contribution in [2.45, 2.75) is 19.9 Å². The maximum absolute atomic E-state index is 5.77. The van der Waals surface area contributed by atoms with Gasteiger partial charge in [-0.25, -0.2) is 9.97 Å². The number of hydrogen-bond acceptors (Lipinski definition) is 3. The highest BCUT2D eigenvalue weighted by Gasteiger charge is 2.15. The van der Waals surface area contributed by atoms with Crippen molar-refractivity contribution in [2.24, 2.45) is 0 Å². The van der Waals surface area contributed by atoms with E-state index in [1.165, 1.54) is 0 Å². The zero-order chi connectivity index (χ0) is 13.4. The van der Waals surface area contributed by atoms with Gasteiger partial charge in [-0.05, 0) is 38.1 Å². The molecule has 1 aromatic carbocycles. The minimum Gasteiger partial charge on any atom is -0.384 e. The Morgan fingerprint density at radius 2 is 1.79 bits per heavy atom. The Morgan fingerprint density at radius 3 is 2.53 bits per heavy atom. The molecule has 0 atom stereocenters. The number of nitrogens with zero attached hydrogens (tertiary/aromatic N) is 3. The average Bonchev–Trinajstić information content (AvgIpc) is 2.78. The number of para-hydroxylation sites is 2. The summed E-state index contributed by atoms with van der Waals surface area (Å²) in [5.74, 6) is 1.38. The standard InChI is InChI=1S/C15H16N4/c1-10(2)19-13-8-4-3-6-11(13)18-15(19)12-7-5-9-14(16)17-12/h3-10H,1-2H3,(H2,16,17). The maximum Gasteiger partial charge on any atom is 0.160 e. The molecule has 0 bridgehead atoms. The number of imidazole rings is 1. The molecule has 0 aliphatic heterocycles. The molecule has 4 heteroatoms. The number of hydrogen-bond donors (Lipinski definition) is 1. The van der Waals surface area contributed by atoms with E-state index in [4.69, 9.17) is 10.7 Å². The fourth-order valence-corrected chi connectivity index (χ4v) is 2.32. The van der Waals surface area contributed by atoms with Crippen LogP contribution in [0.4, 0.5) is 5.82 Å². The van der Waals surface area contributed by atoms with Gasteiger partial charge in [0.15, 0.2) is 5.82 Å². The van der Waals surface area contributed by atoms with Crippen LogP contribution < -0.4 is 5.73 Å². The van der Waals surface area contributed by atoms with Gasteiger partial charge < -0.3 is 10.3 Å². The molecule has 3 aromatic rings. The summed E-state index contributed by atoms with van der Waals surface area (Å²) in [6, 6.07) is 14.1. The molecule has 0 radical (unpaired) electrons. The first-order valence-corrected chi connectivity index (χ1v) is 6.36. The first-order valence-electron chi connectivity index (χ1n) is 6.36. The van der Waals surface area contributed by atoms with Gasteiger partial charge in [0.1, 0.15) is 11.5 Å². The van der Waals surface area contributed by atoms with Gasteiger partial charge in [-0.3, -0.25) is 0 Å². The third-order valence-electron chi connectivity index (χ3n) is 3.11. The van der Waals surface area contributed by atoms with Crippen LogP contribution >= 0.6 is 0 Å². The van der Waals surface area contributed by atoms with E-state index >= 15 is 0 Å². The molecule has 0 fully saturated rings. The van der Waals surface area contributed by atoms with Gasteiger partial charge in [0, 0.05) is 6.04 Å². The summed E-state index contributed by atoms with van der Waals surface area (Å²) in [6.07, 6.45) is 0. The number of pyridine rings is 1. The highest BCUT2D eigenvalue weighted by atomic mass is 15.1. The third-order valence-corrected chi connectivity index (χ3v) is 3.11. The van der Waals surface area contributed by atoms with Crippen LogP contribution in [0.2, 0.25) is 0 Å². The first-order chi connectivity index (χ1) is 9.16. The van der Waals surface area contributed by atoms with Crippen molar-refractivity contribution in [3.05, 3.63) is 42.5 Å². The molecule has 19 heavy (non-hydrogen) atoms. The zero-order valence-electron chi connectivity index (χ0n) is 11.0. The second-order valence-electron chi connectivity index (χ2n) is 4.84. The Balaban J connectivity index is 2.31. The molecule has 0 amide bonds. The van der Waals surface area contributed by atoms with Crippen molar-refractivity contribution in [1.29, 1.82) is 0 Å². The molecule has 0 saturated carbocycles. The van der Waals surface area contributed by atoms with Crippen molar-refractivity contribution in [2.75, 3.05) is 5.73 Å². The quantitative estimate of drug-likeness (QED) is 0.761. The zero-order valence-corrected chi connectivity index (χ0v) is 11.0. The van der Waals surface area contributed by atoms with Crippen LogP contribution in [0.3, 0.4) is 0 Å². The number of nitrogen functional groups attached to an aromatic ring is 1. The predicted molar refractivity (Wildman–Crippen MR) is 77.8 cm³/mol. The molecular weight excluding hydrogens is 236 g/mol. The molecule has 2 aromatic heterocycles. The van der Waals surface area contributed by atoms with Crippen LogP contribution in [-0.2, 0) is 0 Å². The molecule has 0 aliphatic carbocycles. The number of benzene rings is 1. The fraction of sp³-hybridized carbons (Fsp3) is 0.200. The summed E-state index contributed by atoms with van der Waals surface area (Å²) in [7, 11) is 0. The van der Waals surface area contributed by atoms with Crippen molar-refractivity contribution in [3.8, 4) is 11.5 Å². The first kappa shape index (κ1) is 11.7. The smallest absolute Gasteiger partial charge is 0.160 e. The predicted octanol–water partition coefficient (Wildman–Crippen LogP) is 3.26. The SMILES string of the molecule is CC(C)n1c(-c2cccc(N)n2)nc2ccccc21. The summed E-state index contributed by atoms with van der Waals surface area (Å²) in [6.45, 7) is 4.29. The van der Waals surface area contributed by atoms with Crippen LogP contribution in [0, 0.1) is 0 Å². The highest BCUT2D eigenvalue weighted by molar-refractivity contribution is 5.80. The van der Waals surface area contributed by atoms with E-state index in [1.807, 2.05) is 30.3 Å². The summed E-state index contributed by atoms with van der Waals surface area (Å²) in [4.78, 5) is 9.07. The third kappa shape index (κ3) is 1.95. The summed E-state index contributed by atoms with van der Waals surface area (Å²) >= 11 is 0. The second-order valence-corrected chi connectivity index (χ2v) is 4.84. The van der Waals surface area contributed by atoms with Gasteiger partial charge in [0.25, 0.3) is 0 Å². The largest absolute Gasteiger partial charge is 0.384 e. The number of rotatable bonds is 2. The lowest BCUT2D eigenvalue weighted by Crippen LogP contribution is -2.04. The minimum absolute atomic E-state index is 0.311. The molecular formula is C15H16N4. The Bertz CT molecular complexity index is 728. The molecule has 0 spiro atoms. The van der Waals surface area contributed by atoms with Crippen LogP contribution in [-0.4, -0.2) is 14.5 Å². The molecule has 0 aliphatic rings. The average molecular weight is 252 g/mol. The molecule has 0 unspecified atom stereocenters. The number of nitrogens with two attached hydrogens (primary N) is 1. The second kappa shape index (κ2) is 4.39. The van der Waals surface area contributed by atoms with E-state index in [2.05, 4.69) is 29.5 Å². The van der Waals surface area contributed by atoms with E-state index in [-0.39, 0.29) is 0 Å². The van der Waals surface area contributed by atoms with Gasteiger partial charge in [0.05, 0.1) is 11.0 Å². The Morgan fingerprint density at radius 1 is 1.00 bits per heavy atom.